The van der Waals surface area contributed by atoms with E-state index in [9.17, 15) is 4.79 Å². The van der Waals surface area contributed by atoms with Crippen molar-refractivity contribution < 1.29 is 4.79 Å². The van der Waals surface area contributed by atoms with Gasteiger partial charge in [-0.1, -0.05) is 6.07 Å². The lowest BCUT2D eigenvalue weighted by Gasteiger charge is -2.27. The van der Waals surface area contributed by atoms with E-state index < -0.39 is 0 Å². The van der Waals surface area contributed by atoms with Gasteiger partial charge in [-0.05, 0) is 56.5 Å². The van der Waals surface area contributed by atoms with Crippen LogP contribution in [0, 0.1) is 19.8 Å². The molecule has 1 N–H and O–H groups in total. The van der Waals surface area contributed by atoms with Crippen LogP contribution in [0.5, 0.6) is 0 Å². The van der Waals surface area contributed by atoms with Gasteiger partial charge in [-0.25, -0.2) is 0 Å². The first-order chi connectivity index (χ1) is 8.58. The van der Waals surface area contributed by atoms with Gasteiger partial charge in [-0.3, -0.25) is 4.79 Å². The Balaban J connectivity index is 2.14. The third-order valence-corrected chi connectivity index (χ3v) is 3.57. The van der Waals surface area contributed by atoms with Crippen molar-refractivity contribution in [3.05, 3.63) is 29.3 Å². The quantitative estimate of drug-likeness (QED) is 0.868. The van der Waals surface area contributed by atoms with Crippen LogP contribution < -0.4 is 10.2 Å². The summed E-state index contributed by atoms with van der Waals surface area (Å²) in [6.45, 7) is 5.99. The molecule has 0 bridgehead atoms. The summed E-state index contributed by atoms with van der Waals surface area (Å²) in [6.07, 6.45) is 2.10. The first-order valence-electron chi connectivity index (χ1n) is 6.64. The highest BCUT2D eigenvalue weighted by Gasteiger charge is 2.24. The number of aryl methyl sites for hydroxylation is 2. The summed E-state index contributed by atoms with van der Waals surface area (Å²) in [5, 5.41) is 3.30. The van der Waals surface area contributed by atoms with E-state index >= 15 is 0 Å². The molecule has 98 valence electrons. The average Bonchev–Trinajstić information content (AvgIpc) is 2.37. The Bertz CT molecular complexity index is 416. The van der Waals surface area contributed by atoms with Gasteiger partial charge in [-0.2, -0.15) is 0 Å². The van der Waals surface area contributed by atoms with E-state index in [1.165, 1.54) is 11.1 Å². The fourth-order valence-electron chi connectivity index (χ4n) is 2.61. The molecule has 3 heteroatoms. The van der Waals surface area contributed by atoms with Crippen molar-refractivity contribution in [2.45, 2.75) is 26.7 Å². The number of rotatable bonds is 2. The van der Waals surface area contributed by atoms with Gasteiger partial charge >= 0.3 is 0 Å². The smallest absolute Gasteiger partial charge is 0.231 e. The van der Waals surface area contributed by atoms with Crippen LogP contribution >= 0.6 is 0 Å². The highest BCUT2D eigenvalue weighted by molar-refractivity contribution is 5.94. The molecule has 1 aliphatic rings. The van der Waals surface area contributed by atoms with Crippen LogP contribution in [0.3, 0.4) is 0 Å². The minimum atomic E-state index is 0.129. The molecule has 18 heavy (non-hydrogen) atoms. The molecular weight excluding hydrogens is 224 g/mol. The molecule has 1 saturated heterocycles. The molecule has 0 aliphatic carbocycles. The van der Waals surface area contributed by atoms with Crippen LogP contribution in [0.1, 0.15) is 24.0 Å². The van der Waals surface area contributed by atoms with Gasteiger partial charge in [0.25, 0.3) is 0 Å². The highest BCUT2D eigenvalue weighted by atomic mass is 16.2. The van der Waals surface area contributed by atoms with Crippen LogP contribution in [0.2, 0.25) is 0 Å². The molecule has 1 aromatic rings. The lowest BCUT2D eigenvalue weighted by molar-refractivity contribution is -0.122. The second-order valence-electron chi connectivity index (χ2n) is 5.29. The normalized spacial score (nSPS) is 19.6. The van der Waals surface area contributed by atoms with Gasteiger partial charge in [-0.15, -0.1) is 0 Å². The number of carbonyl (C=O) groups is 1. The van der Waals surface area contributed by atoms with Gasteiger partial charge in [0, 0.05) is 19.3 Å². The molecule has 2 rings (SSSR count). The molecule has 1 atom stereocenters. The van der Waals surface area contributed by atoms with Crippen molar-refractivity contribution in [3.63, 3.8) is 0 Å². The zero-order valence-corrected chi connectivity index (χ0v) is 11.5. The first-order valence-corrected chi connectivity index (χ1v) is 6.64. The maximum atomic E-state index is 12.4. The lowest BCUT2D eigenvalue weighted by Crippen LogP contribution is -2.41. The summed E-state index contributed by atoms with van der Waals surface area (Å²) >= 11 is 0. The van der Waals surface area contributed by atoms with Crippen molar-refractivity contribution in [1.29, 1.82) is 0 Å². The van der Waals surface area contributed by atoms with Crippen molar-refractivity contribution in [2.24, 2.45) is 5.92 Å². The molecule has 0 spiro atoms. The lowest BCUT2D eigenvalue weighted by atomic mass is 9.98. The Morgan fingerprint density at radius 2 is 1.94 bits per heavy atom. The molecule has 1 aromatic carbocycles. The van der Waals surface area contributed by atoms with Gasteiger partial charge in [0.15, 0.2) is 0 Å². The molecular formula is C15H22N2O. The molecule has 0 saturated carbocycles. The summed E-state index contributed by atoms with van der Waals surface area (Å²) in [4.78, 5) is 14.2. The van der Waals surface area contributed by atoms with Crippen molar-refractivity contribution in [2.75, 3.05) is 25.0 Å². The topological polar surface area (TPSA) is 32.3 Å². The number of anilines is 1. The van der Waals surface area contributed by atoms with Gasteiger partial charge in [0.05, 0.1) is 5.92 Å². The number of benzene rings is 1. The summed E-state index contributed by atoms with van der Waals surface area (Å²) in [6, 6.07) is 6.27. The Morgan fingerprint density at radius 1 is 1.28 bits per heavy atom. The maximum absolute atomic E-state index is 12.4. The second kappa shape index (κ2) is 5.53. The predicted octanol–water partition coefficient (Wildman–Crippen LogP) is 2.27. The fourth-order valence-corrected chi connectivity index (χ4v) is 2.61. The van der Waals surface area contributed by atoms with E-state index in [1.807, 2.05) is 7.05 Å². The number of nitrogens with one attached hydrogen (secondary N) is 1. The van der Waals surface area contributed by atoms with E-state index in [1.54, 1.807) is 4.90 Å². The van der Waals surface area contributed by atoms with Crippen LogP contribution in [0.15, 0.2) is 18.2 Å². The van der Waals surface area contributed by atoms with Crippen molar-refractivity contribution in [3.8, 4) is 0 Å². The molecule has 3 nitrogen and oxygen atoms in total. The monoisotopic (exact) mass is 246 g/mol. The minimum Gasteiger partial charge on any atom is -0.316 e. The van der Waals surface area contributed by atoms with Crippen LogP contribution in [-0.2, 0) is 4.79 Å². The highest BCUT2D eigenvalue weighted by Crippen LogP contribution is 2.21. The molecule has 1 amide bonds. The number of amides is 1. The zero-order chi connectivity index (χ0) is 13.1. The van der Waals surface area contributed by atoms with E-state index in [-0.39, 0.29) is 11.8 Å². The number of hydrogen-bond donors (Lipinski definition) is 1. The number of nitrogens with zero attached hydrogens (tertiary/aromatic N) is 1. The average molecular weight is 246 g/mol. The van der Waals surface area contributed by atoms with Crippen molar-refractivity contribution in [1.82, 2.24) is 5.32 Å². The Kier molecular flexibility index (Phi) is 4.02. The largest absolute Gasteiger partial charge is 0.316 e. The number of hydrogen-bond acceptors (Lipinski definition) is 2. The van der Waals surface area contributed by atoms with Crippen LogP contribution in [0.25, 0.3) is 0 Å². The van der Waals surface area contributed by atoms with Gasteiger partial charge < -0.3 is 10.2 Å². The molecule has 0 aromatic heterocycles. The molecule has 1 fully saturated rings. The SMILES string of the molecule is Cc1cc(C)cc(N(C)C(=O)[C@H]2CCCNC2)c1. The van der Waals surface area contributed by atoms with Crippen molar-refractivity contribution >= 4 is 11.6 Å². The first kappa shape index (κ1) is 13.1. The second-order valence-corrected chi connectivity index (χ2v) is 5.29. The predicted molar refractivity (Wildman–Crippen MR) is 74.9 cm³/mol. The Labute approximate surface area is 109 Å². The third-order valence-electron chi connectivity index (χ3n) is 3.57. The molecule has 0 radical (unpaired) electrons. The summed E-state index contributed by atoms with van der Waals surface area (Å²) in [7, 11) is 1.88. The summed E-state index contributed by atoms with van der Waals surface area (Å²) in [5.74, 6) is 0.358. The minimum absolute atomic E-state index is 0.129. The summed E-state index contributed by atoms with van der Waals surface area (Å²) in [5.41, 5.74) is 3.40. The van der Waals surface area contributed by atoms with E-state index in [4.69, 9.17) is 0 Å². The van der Waals surface area contributed by atoms with Crippen LogP contribution in [0.4, 0.5) is 5.69 Å². The zero-order valence-electron chi connectivity index (χ0n) is 11.5. The Morgan fingerprint density at radius 3 is 2.50 bits per heavy atom. The molecule has 1 aliphatic heterocycles. The number of carbonyl (C=O) groups excluding carboxylic acids is 1. The van der Waals surface area contributed by atoms with E-state index in [2.05, 4.69) is 37.4 Å². The van der Waals surface area contributed by atoms with Gasteiger partial charge in [0.1, 0.15) is 0 Å². The fraction of sp³-hybridized carbons (Fsp3) is 0.533. The van der Waals surface area contributed by atoms with Crippen LogP contribution in [-0.4, -0.2) is 26.0 Å². The summed E-state index contributed by atoms with van der Waals surface area (Å²) < 4.78 is 0. The standard InChI is InChI=1S/C15H22N2O/c1-11-7-12(2)9-14(8-11)17(3)15(18)13-5-4-6-16-10-13/h7-9,13,16H,4-6,10H2,1-3H3/t13-/m0/s1. The Hall–Kier alpha value is -1.35. The maximum Gasteiger partial charge on any atom is 0.231 e. The van der Waals surface area contributed by atoms with E-state index in [0.717, 1.165) is 31.6 Å². The number of piperidine rings is 1. The third kappa shape index (κ3) is 2.91. The van der Waals surface area contributed by atoms with E-state index in [0.29, 0.717) is 0 Å². The molecule has 0 unspecified atom stereocenters. The van der Waals surface area contributed by atoms with Gasteiger partial charge in [0.2, 0.25) is 5.91 Å². The molecule has 1 heterocycles.